The normalized spacial score (nSPS) is 19.2. The van der Waals surface area contributed by atoms with Crippen LogP contribution in [-0.4, -0.2) is 92.3 Å². The minimum atomic E-state index is -0.635. The smallest absolute Gasteiger partial charge is 0.338 e. The third-order valence-electron chi connectivity index (χ3n) is 6.28. The van der Waals surface area contributed by atoms with Gasteiger partial charge in [-0.25, -0.2) is 14.4 Å². The number of hydrogen-bond donors (Lipinski definition) is 2. The summed E-state index contributed by atoms with van der Waals surface area (Å²) in [6, 6.07) is 6.35. The zero-order valence-electron chi connectivity index (χ0n) is 21.1. The van der Waals surface area contributed by atoms with Crippen molar-refractivity contribution in [3.63, 3.8) is 0 Å². The Balaban J connectivity index is 1.95. The number of amides is 4. The molecule has 192 valence electrons. The Labute approximate surface area is 207 Å². The van der Waals surface area contributed by atoms with Crippen LogP contribution in [-0.2, 0) is 9.53 Å². The van der Waals surface area contributed by atoms with Crippen molar-refractivity contribution in [2.75, 3.05) is 59.5 Å². The van der Waals surface area contributed by atoms with E-state index in [1.165, 1.54) is 0 Å². The van der Waals surface area contributed by atoms with Gasteiger partial charge in [0, 0.05) is 51.5 Å². The van der Waals surface area contributed by atoms with Crippen LogP contribution in [0.25, 0.3) is 0 Å². The Kier molecular flexibility index (Phi) is 9.36. The lowest BCUT2D eigenvalue weighted by atomic mass is 9.94. The fourth-order valence-electron chi connectivity index (χ4n) is 4.51. The highest BCUT2D eigenvalue weighted by molar-refractivity contribution is 5.95. The number of likely N-dealkylation sites (N-methyl/N-ethyl adjacent to an activating group) is 1. The molecule has 10 heteroatoms. The van der Waals surface area contributed by atoms with Gasteiger partial charge < -0.3 is 25.0 Å². The lowest BCUT2D eigenvalue weighted by molar-refractivity contribution is -0.139. The molecule has 1 unspecified atom stereocenters. The molecule has 3 rings (SSSR count). The average molecular weight is 488 g/mol. The molecule has 0 bridgehead atoms. The molecule has 0 saturated carbocycles. The van der Waals surface area contributed by atoms with Crippen LogP contribution in [0.15, 0.2) is 35.5 Å². The van der Waals surface area contributed by atoms with Crippen molar-refractivity contribution in [3.8, 4) is 5.75 Å². The SMILES string of the molecule is CCNC(=O)N1CCCN(CC2=C(C(=O)OCC)C(c3ccc(OC)cc3)NC(=O)N2CC)CC1. The van der Waals surface area contributed by atoms with Crippen molar-refractivity contribution >= 4 is 18.0 Å². The lowest BCUT2D eigenvalue weighted by Crippen LogP contribution is -2.51. The van der Waals surface area contributed by atoms with Crippen LogP contribution in [0.1, 0.15) is 38.8 Å². The molecule has 1 atom stereocenters. The van der Waals surface area contributed by atoms with E-state index in [9.17, 15) is 14.4 Å². The van der Waals surface area contributed by atoms with Gasteiger partial charge in [0.25, 0.3) is 0 Å². The second kappa shape index (κ2) is 12.4. The fourth-order valence-corrected chi connectivity index (χ4v) is 4.51. The molecule has 0 aliphatic carbocycles. The van der Waals surface area contributed by atoms with Crippen LogP contribution < -0.4 is 15.4 Å². The van der Waals surface area contributed by atoms with E-state index in [1.54, 1.807) is 31.1 Å². The van der Waals surface area contributed by atoms with Crippen molar-refractivity contribution in [1.29, 1.82) is 0 Å². The summed E-state index contributed by atoms with van der Waals surface area (Å²) in [5.74, 6) is 0.245. The third kappa shape index (κ3) is 6.25. The first-order valence-electron chi connectivity index (χ1n) is 12.3. The Bertz CT molecular complexity index is 933. The molecule has 4 amide bonds. The number of carbonyl (C=O) groups excluding carboxylic acids is 3. The molecule has 0 spiro atoms. The highest BCUT2D eigenvalue weighted by Crippen LogP contribution is 2.33. The summed E-state index contributed by atoms with van der Waals surface area (Å²) in [7, 11) is 1.59. The Morgan fingerprint density at radius 2 is 1.83 bits per heavy atom. The number of carbonyl (C=O) groups is 3. The van der Waals surface area contributed by atoms with Crippen LogP contribution in [0, 0.1) is 0 Å². The Hall–Kier alpha value is -3.27. The van der Waals surface area contributed by atoms with Gasteiger partial charge in [0.05, 0.1) is 25.3 Å². The summed E-state index contributed by atoms with van der Waals surface area (Å²) in [4.78, 5) is 44.3. The van der Waals surface area contributed by atoms with E-state index < -0.39 is 12.0 Å². The molecule has 0 radical (unpaired) electrons. The molecule has 35 heavy (non-hydrogen) atoms. The van der Waals surface area contributed by atoms with Gasteiger partial charge in [0.2, 0.25) is 0 Å². The number of urea groups is 2. The number of methoxy groups -OCH3 is 1. The molecule has 1 aromatic carbocycles. The highest BCUT2D eigenvalue weighted by atomic mass is 16.5. The minimum Gasteiger partial charge on any atom is -0.497 e. The van der Waals surface area contributed by atoms with Gasteiger partial charge in [-0.15, -0.1) is 0 Å². The van der Waals surface area contributed by atoms with E-state index in [0.717, 1.165) is 18.5 Å². The van der Waals surface area contributed by atoms with Crippen molar-refractivity contribution in [2.45, 2.75) is 33.2 Å². The summed E-state index contributed by atoms with van der Waals surface area (Å²) in [6.07, 6.45) is 0.805. The van der Waals surface area contributed by atoms with E-state index in [2.05, 4.69) is 15.5 Å². The second-order valence-corrected chi connectivity index (χ2v) is 8.43. The predicted molar refractivity (Wildman–Crippen MR) is 132 cm³/mol. The number of ether oxygens (including phenoxy) is 2. The van der Waals surface area contributed by atoms with Crippen molar-refractivity contribution < 1.29 is 23.9 Å². The summed E-state index contributed by atoms with van der Waals surface area (Å²) in [6.45, 7) is 9.83. The zero-order chi connectivity index (χ0) is 25.4. The molecule has 2 heterocycles. The van der Waals surface area contributed by atoms with Crippen molar-refractivity contribution in [1.82, 2.24) is 25.3 Å². The largest absolute Gasteiger partial charge is 0.497 e. The molecule has 2 aliphatic heterocycles. The van der Waals surface area contributed by atoms with Gasteiger partial charge in [-0.1, -0.05) is 12.1 Å². The number of rotatable bonds is 8. The quantitative estimate of drug-likeness (QED) is 0.546. The first kappa shape index (κ1) is 26.3. The minimum absolute atomic E-state index is 0.0624. The summed E-state index contributed by atoms with van der Waals surface area (Å²) < 4.78 is 10.7. The van der Waals surface area contributed by atoms with Gasteiger partial charge >= 0.3 is 18.0 Å². The zero-order valence-corrected chi connectivity index (χ0v) is 21.1. The molecular formula is C25H37N5O5. The Morgan fingerprint density at radius 3 is 2.46 bits per heavy atom. The summed E-state index contributed by atoms with van der Waals surface area (Å²) >= 11 is 0. The van der Waals surface area contributed by atoms with Gasteiger partial charge in [0.1, 0.15) is 5.75 Å². The van der Waals surface area contributed by atoms with Crippen LogP contribution in [0.3, 0.4) is 0 Å². The van der Waals surface area contributed by atoms with Crippen molar-refractivity contribution in [2.24, 2.45) is 0 Å². The summed E-state index contributed by atoms with van der Waals surface area (Å²) in [5, 5.41) is 5.84. The van der Waals surface area contributed by atoms with Crippen LogP contribution in [0.2, 0.25) is 0 Å². The van der Waals surface area contributed by atoms with E-state index in [0.29, 0.717) is 56.3 Å². The second-order valence-electron chi connectivity index (χ2n) is 8.43. The molecule has 2 N–H and O–H groups in total. The fraction of sp³-hybridized carbons (Fsp3) is 0.560. The van der Waals surface area contributed by atoms with Gasteiger partial charge in [-0.05, 0) is 44.9 Å². The van der Waals surface area contributed by atoms with Gasteiger partial charge in [-0.2, -0.15) is 0 Å². The molecule has 1 fully saturated rings. The predicted octanol–water partition coefficient (Wildman–Crippen LogP) is 2.34. The van der Waals surface area contributed by atoms with Crippen LogP contribution in [0.4, 0.5) is 9.59 Å². The van der Waals surface area contributed by atoms with Gasteiger partial charge in [0.15, 0.2) is 0 Å². The van der Waals surface area contributed by atoms with Crippen molar-refractivity contribution in [3.05, 3.63) is 41.1 Å². The first-order valence-corrected chi connectivity index (χ1v) is 12.3. The standard InChI is InChI=1S/C25H37N5O5/c1-5-26-24(32)29-14-8-13-28(15-16-29)17-20-21(23(31)35-7-3)22(27-25(33)30(20)6-2)18-9-11-19(34-4)12-10-18/h9-12,22H,5-8,13-17H2,1-4H3,(H,26,32)(H,27,33). The maximum atomic E-state index is 13.2. The number of benzene rings is 1. The van der Waals surface area contributed by atoms with E-state index in [-0.39, 0.29) is 18.7 Å². The molecule has 0 aromatic heterocycles. The monoisotopic (exact) mass is 487 g/mol. The van der Waals surface area contributed by atoms with E-state index in [1.807, 2.05) is 30.9 Å². The number of esters is 1. The number of nitrogens with zero attached hydrogens (tertiary/aromatic N) is 3. The molecular weight excluding hydrogens is 450 g/mol. The third-order valence-corrected chi connectivity index (χ3v) is 6.28. The van der Waals surface area contributed by atoms with E-state index >= 15 is 0 Å². The molecule has 2 aliphatic rings. The number of hydrogen-bond acceptors (Lipinski definition) is 6. The Morgan fingerprint density at radius 1 is 1.09 bits per heavy atom. The summed E-state index contributed by atoms with van der Waals surface area (Å²) in [5.41, 5.74) is 1.85. The van der Waals surface area contributed by atoms with Gasteiger partial charge in [-0.3, -0.25) is 9.80 Å². The molecule has 1 saturated heterocycles. The highest BCUT2D eigenvalue weighted by Gasteiger charge is 2.38. The maximum Gasteiger partial charge on any atom is 0.338 e. The number of nitrogens with one attached hydrogen (secondary N) is 2. The topological polar surface area (TPSA) is 103 Å². The molecule has 1 aromatic rings. The van der Waals surface area contributed by atoms with Crippen LogP contribution >= 0.6 is 0 Å². The lowest BCUT2D eigenvalue weighted by Gasteiger charge is -2.38. The maximum absolute atomic E-state index is 13.2. The first-order chi connectivity index (χ1) is 16.9. The average Bonchev–Trinajstić information content (AvgIpc) is 3.10. The van der Waals surface area contributed by atoms with E-state index in [4.69, 9.17) is 9.47 Å². The van der Waals surface area contributed by atoms with Crippen LogP contribution in [0.5, 0.6) is 5.75 Å². The molecule has 10 nitrogen and oxygen atoms in total.